The number of rotatable bonds is 10. The first-order valence-corrected chi connectivity index (χ1v) is 8.91. The number of hydrogen-bond donors (Lipinski definition) is 2. The van der Waals surface area contributed by atoms with E-state index in [4.69, 9.17) is 14.4 Å². The number of amides is 1. The molecule has 1 aromatic carbocycles. The van der Waals surface area contributed by atoms with Gasteiger partial charge in [0.15, 0.2) is 0 Å². The van der Waals surface area contributed by atoms with Crippen molar-refractivity contribution in [2.75, 3.05) is 7.11 Å². The molecule has 8 heteroatoms. The SMILES string of the molecule is CCC(CC)(CC(=O)O)NC(=O)CCc1nc(-c2ccc(OC)cc2)no1. The van der Waals surface area contributed by atoms with Crippen LogP contribution in [-0.2, 0) is 16.0 Å². The molecule has 0 fully saturated rings. The summed E-state index contributed by atoms with van der Waals surface area (Å²) in [6, 6.07) is 7.25. The van der Waals surface area contributed by atoms with Crippen molar-refractivity contribution in [3.8, 4) is 17.1 Å². The summed E-state index contributed by atoms with van der Waals surface area (Å²) in [5, 5.41) is 15.9. The molecular formula is C19H25N3O5. The number of carbonyl (C=O) groups excluding carboxylic acids is 1. The molecule has 0 aliphatic heterocycles. The van der Waals surface area contributed by atoms with E-state index >= 15 is 0 Å². The molecule has 2 aromatic rings. The fraction of sp³-hybridized carbons (Fsp3) is 0.474. The average molecular weight is 375 g/mol. The molecule has 146 valence electrons. The third-order valence-electron chi connectivity index (χ3n) is 4.63. The predicted octanol–water partition coefficient (Wildman–Crippen LogP) is 2.83. The summed E-state index contributed by atoms with van der Waals surface area (Å²) in [6.45, 7) is 3.73. The molecule has 0 spiro atoms. The van der Waals surface area contributed by atoms with Crippen LogP contribution in [0.4, 0.5) is 0 Å². The number of carboxylic acids is 1. The van der Waals surface area contributed by atoms with E-state index in [1.165, 1.54) is 0 Å². The molecule has 2 N–H and O–H groups in total. The van der Waals surface area contributed by atoms with Gasteiger partial charge < -0.3 is 19.7 Å². The highest BCUT2D eigenvalue weighted by Gasteiger charge is 2.30. The third-order valence-corrected chi connectivity index (χ3v) is 4.63. The van der Waals surface area contributed by atoms with Gasteiger partial charge in [-0.1, -0.05) is 19.0 Å². The van der Waals surface area contributed by atoms with Crippen LogP contribution in [0.5, 0.6) is 5.75 Å². The maximum atomic E-state index is 12.3. The van der Waals surface area contributed by atoms with Gasteiger partial charge in [-0.15, -0.1) is 0 Å². The van der Waals surface area contributed by atoms with Crippen molar-refractivity contribution >= 4 is 11.9 Å². The van der Waals surface area contributed by atoms with Crippen LogP contribution in [0.3, 0.4) is 0 Å². The lowest BCUT2D eigenvalue weighted by molar-refractivity contribution is -0.139. The van der Waals surface area contributed by atoms with Crippen molar-refractivity contribution in [1.82, 2.24) is 15.5 Å². The molecule has 27 heavy (non-hydrogen) atoms. The fourth-order valence-electron chi connectivity index (χ4n) is 2.80. The summed E-state index contributed by atoms with van der Waals surface area (Å²) in [4.78, 5) is 27.7. The third kappa shape index (κ3) is 5.54. The normalized spacial score (nSPS) is 11.2. The largest absolute Gasteiger partial charge is 0.497 e. The van der Waals surface area contributed by atoms with E-state index in [1.54, 1.807) is 19.2 Å². The molecule has 1 amide bonds. The van der Waals surface area contributed by atoms with Gasteiger partial charge in [-0.25, -0.2) is 0 Å². The zero-order chi connectivity index (χ0) is 19.9. The summed E-state index contributed by atoms with van der Waals surface area (Å²) in [6.07, 6.45) is 1.42. The van der Waals surface area contributed by atoms with Crippen molar-refractivity contribution in [3.05, 3.63) is 30.2 Å². The summed E-state index contributed by atoms with van der Waals surface area (Å²) in [5.74, 6) is 0.364. The first-order valence-electron chi connectivity index (χ1n) is 8.91. The molecule has 0 bridgehead atoms. The second kappa shape index (κ2) is 9.16. The minimum absolute atomic E-state index is 0.103. The number of aromatic nitrogens is 2. The van der Waals surface area contributed by atoms with E-state index in [0.717, 1.165) is 11.3 Å². The minimum Gasteiger partial charge on any atom is -0.497 e. The van der Waals surface area contributed by atoms with Crippen molar-refractivity contribution in [2.45, 2.75) is 51.5 Å². The Morgan fingerprint density at radius 1 is 1.22 bits per heavy atom. The summed E-state index contributed by atoms with van der Waals surface area (Å²) in [5.41, 5.74) is 0.0548. The number of hydrogen-bond acceptors (Lipinski definition) is 6. The number of carbonyl (C=O) groups is 2. The molecule has 0 saturated carbocycles. The van der Waals surface area contributed by atoms with Crippen LogP contribution in [0.15, 0.2) is 28.8 Å². The van der Waals surface area contributed by atoms with E-state index in [-0.39, 0.29) is 25.2 Å². The lowest BCUT2D eigenvalue weighted by atomic mass is 9.88. The van der Waals surface area contributed by atoms with Crippen molar-refractivity contribution in [1.29, 1.82) is 0 Å². The molecule has 0 aliphatic carbocycles. The zero-order valence-electron chi connectivity index (χ0n) is 15.8. The summed E-state index contributed by atoms with van der Waals surface area (Å²) >= 11 is 0. The lowest BCUT2D eigenvalue weighted by Crippen LogP contribution is -2.49. The standard InChI is InChI=1S/C19H25N3O5/c1-4-19(5-2,12-17(24)25)21-15(23)10-11-16-20-18(22-27-16)13-6-8-14(26-3)9-7-13/h6-9H,4-5,10-12H2,1-3H3,(H,21,23)(H,24,25). The molecule has 0 unspecified atom stereocenters. The molecule has 8 nitrogen and oxygen atoms in total. The zero-order valence-corrected chi connectivity index (χ0v) is 15.8. The number of ether oxygens (including phenoxy) is 1. The van der Waals surface area contributed by atoms with Crippen LogP contribution in [0.25, 0.3) is 11.4 Å². The number of aryl methyl sites for hydroxylation is 1. The van der Waals surface area contributed by atoms with Gasteiger partial charge in [0.25, 0.3) is 0 Å². The number of carboxylic acid groups (broad SMARTS) is 1. The van der Waals surface area contributed by atoms with Gasteiger partial charge in [-0.3, -0.25) is 9.59 Å². The number of aliphatic carboxylic acids is 1. The average Bonchev–Trinajstić information content (AvgIpc) is 3.14. The topological polar surface area (TPSA) is 115 Å². The first kappa shape index (κ1) is 20.4. The molecule has 1 heterocycles. The number of nitrogens with zero attached hydrogens (tertiary/aromatic N) is 2. The van der Waals surface area contributed by atoms with Crippen molar-refractivity contribution in [2.24, 2.45) is 0 Å². The highest BCUT2D eigenvalue weighted by Crippen LogP contribution is 2.21. The Balaban J connectivity index is 1.95. The lowest BCUT2D eigenvalue weighted by Gasteiger charge is -2.31. The molecule has 0 radical (unpaired) electrons. The maximum Gasteiger partial charge on any atom is 0.305 e. The Morgan fingerprint density at radius 3 is 2.44 bits per heavy atom. The molecule has 0 aliphatic rings. The van der Waals surface area contributed by atoms with E-state index in [2.05, 4.69) is 15.5 Å². The summed E-state index contributed by atoms with van der Waals surface area (Å²) < 4.78 is 10.3. The van der Waals surface area contributed by atoms with Crippen LogP contribution in [0.2, 0.25) is 0 Å². The van der Waals surface area contributed by atoms with Gasteiger partial charge in [0.05, 0.1) is 13.5 Å². The van der Waals surface area contributed by atoms with Crippen LogP contribution < -0.4 is 10.1 Å². The van der Waals surface area contributed by atoms with E-state index < -0.39 is 11.5 Å². The molecule has 0 saturated heterocycles. The molecule has 0 atom stereocenters. The van der Waals surface area contributed by atoms with Gasteiger partial charge in [0.2, 0.25) is 17.6 Å². The number of nitrogens with one attached hydrogen (secondary N) is 1. The Bertz CT molecular complexity index is 766. The number of methoxy groups -OCH3 is 1. The van der Waals surface area contributed by atoms with Gasteiger partial charge >= 0.3 is 5.97 Å². The van der Waals surface area contributed by atoms with Gasteiger partial charge in [0.1, 0.15) is 5.75 Å². The minimum atomic E-state index is -0.931. The van der Waals surface area contributed by atoms with E-state index in [0.29, 0.717) is 24.6 Å². The Morgan fingerprint density at radius 2 is 1.89 bits per heavy atom. The van der Waals surface area contributed by atoms with Crippen LogP contribution in [0, 0.1) is 0 Å². The smallest absolute Gasteiger partial charge is 0.305 e. The first-order chi connectivity index (χ1) is 12.9. The van der Waals surface area contributed by atoms with Crippen LogP contribution in [0.1, 0.15) is 45.4 Å². The van der Waals surface area contributed by atoms with Crippen molar-refractivity contribution < 1.29 is 24.0 Å². The predicted molar refractivity (Wildman–Crippen MR) is 98.3 cm³/mol. The maximum absolute atomic E-state index is 12.3. The Labute approximate surface area is 157 Å². The fourth-order valence-corrected chi connectivity index (χ4v) is 2.80. The Kier molecular flexibility index (Phi) is 6.92. The van der Waals surface area contributed by atoms with E-state index in [1.807, 2.05) is 26.0 Å². The second-order valence-corrected chi connectivity index (χ2v) is 6.35. The van der Waals surface area contributed by atoms with Crippen LogP contribution in [-0.4, -0.2) is 39.8 Å². The van der Waals surface area contributed by atoms with Gasteiger partial charge in [-0.2, -0.15) is 4.98 Å². The highest BCUT2D eigenvalue weighted by atomic mass is 16.5. The van der Waals surface area contributed by atoms with Gasteiger partial charge in [0, 0.05) is 23.9 Å². The summed E-state index contributed by atoms with van der Waals surface area (Å²) in [7, 11) is 1.59. The quantitative estimate of drug-likeness (QED) is 0.656. The number of benzene rings is 1. The monoisotopic (exact) mass is 375 g/mol. The van der Waals surface area contributed by atoms with Crippen molar-refractivity contribution in [3.63, 3.8) is 0 Å². The Hall–Kier alpha value is -2.90. The van der Waals surface area contributed by atoms with Crippen LogP contribution >= 0.6 is 0 Å². The van der Waals surface area contributed by atoms with E-state index in [9.17, 15) is 9.59 Å². The van der Waals surface area contributed by atoms with Gasteiger partial charge in [-0.05, 0) is 37.1 Å². The second-order valence-electron chi connectivity index (χ2n) is 6.35. The molecule has 2 rings (SSSR count). The highest BCUT2D eigenvalue weighted by molar-refractivity contribution is 5.78. The molecular weight excluding hydrogens is 350 g/mol. The molecule has 1 aromatic heterocycles.